The van der Waals surface area contributed by atoms with E-state index in [1.54, 1.807) is 6.07 Å². The average Bonchev–Trinajstić information content (AvgIpc) is 2.37. The molecule has 0 bridgehead atoms. The first-order valence-corrected chi connectivity index (χ1v) is 8.32. The van der Waals surface area contributed by atoms with Gasteiger partial charge in [-0.2, -0.15) is 0 Å². The molecule has 8 heteroatoms. The summed E-state index contributed by atoms with van der Waals surface area (Å²) in [6.45, 7) is 3.79. The predicted octanol–water partition coefficient (Wildman–Crippen LogP) is 1.20. The van der Waals surface area contributed by atoms with E-state index in [9.17, 15) is 8.42 Å². The monoisotopic (exact) mass is 335 g/mol. The minimum atomic E-state index is -3.63. The topological polar surface area (TPSA) is 75.4 Å². The Hall–Kier alpha value is -0.730. The molecule has 0 aliphatic rings. The fraction of sp³-hybridized carbons (Fsp3) is 0.417. The van der Waals surface area contributed by atoms with Crippen molar-refractivity contribution in [3.8, 4) is 0 Å². The summed E-state index contributed by atoms with van der Waals surface area (Å²) in [5.74, 6) is 0. The van der Waals surface area contributed by atoms with Crippen molar-refractivity contribution in [2.24, 2.45) is 5.73 Å². The second-order valence-corrected chi connectivity index (χ2v) is 6.89. The van der Waals surface area contributed by atoms with Gasteiger partial charge in [0.2, 0.25) is 10.0 Å². The van der Waals surface area contributed by atoms with E-state index in [4.69, 9.17) is 29.6 Å². The van der Waals surface area contributed by atoms with Crippen LogP contribution >= 0.6 is 23.8 Å². The van der Waals surface area contributed by atoms with Crippen LogP contribution in [0.25, 0.3) is 0 Å². The molecule has 3 N–H and O–H groups in total. The number of nitrogens with zero attached hydrogens (tertiary/aromatic N) is 1. The van der Waals surface area contributed by atoms with Gasteiger partial charge in [0.1, 0.15) is 9.88 Å². The van der Waals surface area contributed by atoms with Crippen molar-refractivity contribution < 1.29 is 8.42 Å². The maximum atomic E-state index is 12.1. The Bertz CT molecular complexity index is 590. The third-order valence-electron chi connectivity index (χ3n) is 2.83. The number of thiocarbonyl (C=S) groups is 1. The molecule has 1 rings (SSSR count). The molecule has 0 aliphatic heterocycles. The van der Waals surface area contributed by atoms with Crippen LogP contribution < -0.4 is 10.5 Å². The summed E-state index contributed by atoms with van der Waals surface area (Å²) in [6, 6.07) is 4.40. The lowest BCUT2D eigenvalue weighted by molar-refractivity contribution is 0.358. The zero-order chi connectivity index (χ0) is 15.3. The molecule has 1 aromatic rings. The van der Waals surface area contributed by atoms with Crippen molar-refractivity contribution >= 4 is 38.8 Å². The molecule has 20 heavy (non-hydrogen) atoms. The van der Waals surface area contributed by atoms with Gasteiger partial charge in [-0.1, -0.05) is 36.8 Å². The van der Waals surface area contributed by atoms with Crippen LogP contribution in [0, 0.1) is 0 Å². The summed E-state index contributed by atoms with van der Waals surface area (Å²) >= 11 is 10.8. The van der Waals surface area contributed by atoms with E-state index < -0.39 is 10.0 Å². The van der Waals surface area contributed by atoms with Gasteiger partial charge in [0.15, 0.2) is 0 Å². The summed E-state index contributed by atoms with van der Waals surface area (Å²) in [4.78, 5) is 2.20. The summed E-state index contributed by atoms with van der Waals surface area (Å²) in [7, 11) is -1.72. The number of sulfonamides is 1. The molecule has 0 saturated carbocycles. The fourth-order valence-electron chi connectivity index (χ4n) is 1.48. The van der Waals surface area contributed by atoms with Crippen LogP contribution in [0.4, 0.5) is 0 Å². The third kappa shape index (κ3) is 4.68. The number of nitrogens with two attached hydrogens (primary N) is 1. The SMILES string of the molecule is CCN(C)CCNS(=O)(=O)c1ccc(C(N)=S)cc1Cl. The molecule has 0 aromatic heterocycles. The molecule has 0 spiro atoms. The first kappa shape index (κ1) is 17.3. The highest BCUT2D eigenvalue weighted by atomic mass is 35.5. The number of likely N-dealkylation sites (N-methyl/N-ethyl adjacent to an activating group) is 1. The maximum Gasteiger partial charge on any atom is 0.242 e. The number of rotatable bonds is 7. The molecule has 5 nitrogen and oxygen atoms in total. The highest BCUT2D eigenvalue weighted by Gasteiger charge is 2.18. The first-order chi connectivity index (χ1) is 9.27. The molecular formula is C12H18ClN3O2S2. The zero-order valence-corrected chi connectivity index (χ0v) is 13.8. The molecule has 0 radical (unpaired) electrons. The van der Waals surface area contributed by atoms with Crippen LogP contribution in [0.2, 0.25) is 5.02 Å². The smallest absolute Gasteiger partial charge is 0.242 e. The Morgan fingerprint density at radius 2 is 2.15 bits per heavy atom. The highest BCUT2D eigenvalue weighted by Crippen LogP contribution is 2.22. The van der Waals surface area contributed by atoms with Crippen LogP contribution in [-0.4, -0.2) is 45.0 Å². The van der Waals surface area contributed by atoms with Crippen molar-refractivity contribution in [2.75, 3.05) is 26.7 Å². The Labute approximate surface area is 130 Å². The van der Waals surface area contributed by atoms with Crippen molar-refractivity contribution in [3.05, 3.63) is 28.8 Å². The number of hydrogen-bond acceptors (Lipinski definition) is 4. The molecule has 0 unspecified atom stereocenters. The number of benzene rings is 1. The van der Waals surface area contributed by atoms with Gasteiger partial charge in [-0.25, -0.2) is 13.1 Å². The largest absolute Gasteiger partial charge is 0.389 e. The van der Waals surface area contributed by atoms with Crippen LogP contribution in [0.1, 0.15) is 12.5 Å². The Morgan fingerprint density at radius 1 is 1.50 bits per heavy atom. The lowest BCUT2D eigenvalue weighted by atomic mass is 10.2. The van der Waals surface area contributed by atoms with Gasteiger partial charge in [0, 0.05) is 18.7 Å². The van der Waals surface area contributed by atoms with Crippen LogP contribution in [0.3, 0.4) is 0 Å². The van der Waals surface area contributed by atoms with E-state index in [1.165, 1.54) is 12.1 Å². The van der Waals surface area contributed by atoms with Crippen LogP contribution in [0.15, 0.2) is 23.1 Å². The van der Waals surface area contributed by atoms with E-state index in [0.29, 0.717) is 18.7 Å². The summed E-state index contributed by atoms with van der Waals surface area (Å²) in [6.07, 6.45) is 0. The minimum absolute atomic E-state index is 0.0262. The zero-order valence-electron chi connectivity index (χ0n) is 11.4. The molecule has 0 aliphatic carbocycles. The van der Waals surface area contributed by atoms with E-state index in [2.05, 4.69) is 4.72 Å². The van der Waals surface area contributed by atoms with Crippen LogP contribution in [0.5, 0.6) is 0 Å². The minimum Gasteiger partial charge on any atom is -0.389 e. The fourth-order valence-corrected chi connectivity index (χ4v) is 3.17. The Morgan fingerprint density at radius 3 is 2.65 bits per heavy atom. The van der Waals surface area contributed by atoms with E-state index in [-0.39, 0.29) is 14.9 Å². The van der Waals surface area contributed by atoms with Gasteiger partial charge in [-0.3, -0.25) is 0 Å². The lowest BCUT2D eigenvalue weighted by Crippen LogP contribution is -2.33. The molecule has 0 heterocycles. The van der Waals surface area contributed by atoms with Gasteiger partial charge in [-0.15, -0.1) is 0 Å². The van der Waals surface area contributed by atoms with Gasteiger partial charge in [0.25, 0.3) is 0 Å². The van der Waals surface area contributed by atoms with E-state index in [0.717, 1.165) is 6.54 Å². The van der Waals surface area contributed by atoms with Crippen molar-refractivity contribution in [1.29, 1.82) is 0 Å². The molecule has 1 aromatic carbocycles. The number of nitrogens with one attached hydrogen (secondary N) is 1. The Balaban J connectivity index is 2.85. The first-order valence-electron chi connectivity index (χ1n) is 6.05. The number of hydrogen-bond donors (Lipinski definition) is 2. The standard InChI is InChI=1S/C12H18ClN3O2S2/c1-3-16(2)7-6-15-20(17,18)11-5-4-9(12(14)19)8-10(11)13/h4-5,8,15H,3,6-7H2,1-2H3,(H2,14,19). The molecule has 0 fully saturated rings. The predicted molar refractivity (Wildman–Crippen MR) is 85.7 cm³/mol. The quantitative estimate of drug-likeness (QED) is 0.732. The third-order valence-corrected chi connectivity index (χ3v) is 5.01. The molecule has 0 saturated heterocycles. The van der Waals surface area contributed by atoms with Gasteiger partial charge in [0.05, 0.1) is 5.02 Å². The van der Waals surface area contributed by atoms with Gasteiger partial charge < -0.3 is 10.6 Å². The second-order valence-electron chi connectivity index (χ2n) is 4.30. The van der Waals surface area contributed by atoms with Crippen molar-refractivity contribution in [3.63, 3.8) is 0 Å². The normalized spacial score (nSPS) is 11.8. The summed E-state index contributed by atoms with van der Waals surface area (Å²) in [5.41, 5.74) is 6.01. The molecule has 0 atom stereocenters. The highest BCUT2D eigenvalue weighted by molar-refractivity contribution is 7.89. The van der Waals surface area contributed by atoms with Gasteiger partial charge >= 0.3 is 0 Å². The maximum absolute atomic E-state index is 12.1. The molecule has 0 amide bonds. The summed E-state index contributed by atoms with van der Waals surface area (Å²) < 4.78 is 26.8. The van der Waals surface area contributed by atoms with E-state index in [1.807, 2.05) is 18.9 Å². The van der Waals surface area contributed by atoms with Gasteiger partial charge in [-0.05, 0) is 25.7 Å². The molecule has 112 valence electrons. The summed E-state index contributed by atoms with van der Waals surface area (Å²) in [5, 5.41) is 0.103. The Kier molecular flexibility index (Phi) is 6.35. The van der Waals surface area contributed by atoms with Crippen molar-refractivity contribution in [2.45, 2.75) is 11.8 Å². The van der Waals surface area contributed by atoms with Crippen molar-refractivity contribution in [1.82, 2.24) is 9.62 Å². The molecular weight excluding hydrogens is 318 g/mol. The van der Waals surface area contributed by atoms with E-state index >= 15 is 0 Å². The lowest BCUT2D eigenvalue weighted by Gasteiger charge is -2.14. The average molecular weight is 336 g/mol. The number of halogens is 1. The second kappa shape index (κ2) is 7.33. The van der Waals surface area contributed by atoms with Crippen LogP contribution in [-0.2, 0) is 10.0 Å².